The molecule has 1 amide bonds. The van der Waals surface area contributed by atoms with Crippen LogP contribution in [0.25, 0.3) is 0 Å². The Hall–Kier alpha value is -2.04. The highest BCUT2D eigenvalue weighted by molar-refractivity contribution is 6.31. The van der Waals surface area contributed by atoms with E-state index in [9.17, 15) is 4.79 Å². The maximum atomic E-state index is 12.1. The number of nitrogens with one attached hydrogen (secondary N) is 2. The molecule has 2 N–H and O–H groups in total. The van der Waals surface area contributed by atoms with Crippen LogP contribution in [-0.4, -0.2) is 32.7 Å². The van der Waals surface area contributed by atoms with E-state index in [0.717, 1.165) is 28.4 Å². The lowest BCUT2D eigenvalue weighted by Gasteiger charge is -2.15. The van der Waals surface area contributed by atoms with Crippen LogP contribution in [0.5, 0.6) is 5.75 Å². The van der Waals surface area contributed by atoms with E-state index in [2.05, 4.69) is 5.32 Å². The number of likely N-dealkylation sites (N-methyl/N-ethyl adjacent to an activating group) is 1. The smallest absolute Gasteiger partial charge is 0.279 e. The Bertz CT molecular complexity index is 647. The minimum atomic E-state index is -0.0347. The van der Waals surface area contributed by atoms with Gasteiger partial charge in [0.2, 0.25) is 0 Å². The molecule has 0 saturated carbocycles. The van der Waals surface area contributed by atoms with Crippen molar-refractivity contribution < 1.29 is 14.4 Å². The van der Waals surface area contributed by atoms with E-state index in [1.165, 1.54) is 0 Å². The lowest BCUT2D eigenvalue weighted by molar-refractivity contribution is -0.871. The average molecular weight is 334 g/mol. The largest absolute Gasteiger partial charge is 0.488 e. The number of aryl methyl sites for hydroxylation is 1. The van der Waals surface area contributed by atoms with Crippen molar-refractivity contribution >= 4 is 23.2 Å². The molecule has 0 saturated heterocycles. The minimum absolute atomic E-state index is 0.0347. The van der Waals surface area contributed by atoms with Crippen molar-refractivity contribution in [3.05, 3.63) is 59.1 Å². The molecule has 5 heteroatoms. The van der Waals surface area contributed by atoms with Crippen LogP contribution in [0, 0.1) is 6.92 Å². The van der Waals surface area contributed by atoms with Crippen LogP contribution in [-0.2, 0) is 4.79 Å². The third-order valence-electron chi connectivity index (χ3n) is 3.48. The summed E-state index contributed by atoms with van der Waals surface area (Å²) < 4.78 is 5.64. The molecule has 0 fully saturated rings. The first kappa shape index (κ1) is 17.3. The Kier molecular flexibility index (Phi) is 6.44. The number of halogens is 1. The number of carbonyl (C=O) groups excluding carboxylic acids is 1. The number of para-hydroxylation sites is 1. The molecule has 2 rings (SSSR count). The Morgan fingerprint density at radius 1 is 1.22 bits per heavy atom. The molecular formula is C18H22ClN2O2+. The summed E-state index contributed by atoms with van der Waals surface area (Å²) >= 11 is 5.96. The molecule has 0 aliphatic carbocycles. The zero-order chi connectivity index (χ0) is 16.7. The van der Waals surface area contributed by atoms with Crippen LogP contribution in [0.2, 0.25) is 5.02 Å². The normalized spacial score (nSPS) is 11.8. The second kappa shape index (κ2) is 8.56. The molecule has 0 aliphatic rings. The van der Waals surface area contributed by atoms with Gasteiger partial charge in [-0.3, -0.25) is 4.79 Å². The topological polar surface area (TPSA) is 42.8 Å². The summed E-state index contributed by atoms with van der Waals surface area (Å²) in [4.78, 5) is 13.2. The molecule has 4 nitrogen and oxygen atoms in total. The number of hydrogen-bond acceptors (Lipinski definition) is 2. The SMILES string of the molecule is Cc1ccc(Cl)cc1NC(=O)C[NH+](C)CCOc1ccccc1. The molecule has 0 bridgehead atoms. The summed E-state index contributed by atoms with van der Waals surface area (Å²) in [7, 11) is 1.97. The molecule has 2 aromatic rings. The van der Waals surface area contributed by atoms with Gasteiger partial charge in [0.15, 0.2) is 6.54 Å². The van der Waals surface area contributed by atoms with Gasteiger partial charge in [-0.05, 0) is 36.8 Å². The predicted octanol–water partition coefficient (Wildman–Crippen LogP) is 2.18. The molecule has 1 unspecified atom stereocenters. The van der Waals surface area contributed by atoms with Gasteiger partial charge in [-0.2, -0.15) is 0 Å². The zero-order valence-electron chi connectivity index (χ0n) is 13.4. The van der Waals surface area contributed by atoms with Crippen molar-refractivity contribution in [1.29, 1.82) is 0 Å². The fourth-order valence-electron chi connectivity index (χ4n) is 2.15. The molecule has 1 atom stereocenters. The lowest BCUT2D eigenvalue weighted by atomic mass is 10.2. The molecule has 0 aromatic heterocycles. The molecule has 23 heavy (non-hydrogen) atoms. The van der Waals surface area contributed by atoms with E-state index in [1.807, 2.05) is 56.4 Å². The Morgan fingerprint density at radius 3 is 2.70 bits per heavy atom. The van der Waals surface area contributed by atoms with Crippen LogP contribution in [0.1, 0.15) is 5.56 Å². The van der Waals surface area contributed by atoms with Crippen LogP contribution in [0.3, 0.4) is 0 Å². The van der Waals surface area contributed by atoms with Crippen LogP contribution < -0.4 is 15.0 Å². The van der Waals surface area contributed by atoms with Gasteiger partial charge >= 0.3 is 0 Å². The van der Waals surface area contributed by atoms with Crippen LogP contribution >= 0.6 is 11.6 Å². The van der Waals surface area contributed by atoms with Gasteiger partial charge in [0.25, 0.3) is 5.91 Å². The second-order valence-corrected chi connectivity index (χ2v) is 5.99. The first-order chi connectivity index (χ1) is 11.0. The Balaban J connectivity index is 1.75. The lowest BCUT2D eigenvalue weighted by Crippen LogP contribution is -3.10. The number of hydrogen-bond donors (Lipinski definition) is 2. The molecule has 0 radical (unpaired) electrons. The Labute approximate surface area is 142 Å². The molecule has 122 valence electrons. The number of ether oxygens (including phenoxy) is 1. The number of anilines is 1. The summed E-state index contributed by atoms with van der Waals surface area (Å²) in [5.41, 5.74) is 1.75. The maximum Gasteiger partial charge on any atom is 0.279 e. The molecule has 2 aromatic carbocycles. The highest BCUT2D eigenvalue weighted by atomic mass is 35.5. The fourth-order valence-corrected chi connectivity index (χ4v) is 2.32. The number of rotatable bonds is 7. The van der Waals surface area contributed by atoms with E-state index in [4.69, 9.17) is 16.3 Å². The van der Waals surface area contributed by atoms with Gasteiger partial charge in [0.1, 0.15) is 18.9 Å². The number of carbonyl (C=O) groups is 1. The van der Waals surface area contributed by atoms with Crippen LogP contribution in [0.4, 0.5) is 5.69 Å². The summed E-state index contributed by atoms with van der Waals surface area (Å²) in [5, 5.41) is 3.52. The third kappa shape index (κ3) is 5.93. The Morgan fingerprint density at radius 2 is 1.96 bits per heavy atom. The average Bonchev–Trinajstić information content (AvgIpc) is 2.52. The number of benzene rings is 2. The minimum Gasteiger partial charge on any atom is -0.488 e. The van der Waals surface area contributed by atoms with Gasteiger partial charge in [-0.25, -0.2) is 0 Å². The quantitative estimate of drug-likeness (QED) is 0.815. The zero-order valence-corrected chi connectivity index (χ0v) is 14.2. The molecule has 0 spiro atoms. The van der Waals surface area contributed by atoms with Crippen molar-refractivity contribution in [2.45, 2.75) is 6.92 Å². The first-order valence-corrected chi connectivity index (χ1v) is 7.97. The van der Waals surface area contributed by atoms with E-state index >= 15 is 0 Å². The predicted molar refractivity (Wildman–Crippen MR) is 93.4 cm³/mol. The first-order valence-electron chi connectivity index (χ1n) is 7.60. The highest BCUT2D eigenvalue weighted by Crippen LogP contribution is 2.19. The van der Waals surface area contributed by atoms with Gasteiger partial charge in [-0.1, -0.05) is 35.9 Å². The van der Waals surface area contributed by atoms with Gasteiger partial charge in [-0.15, -0.1) is 0 Å². The van der Waals surface area contributed by atoms with Crippen molar-refractivity contribution in [2.24, 2.45) is 0 Å². The molecular weight excluding hydrogens is 312 g/mol. The molecule has 0 heterocycles. The summed E-state index contributed by atoms with van der Waals surface area (Å²) in [6.07, 6.45) is 0. The molecule has 0 aliphatic heterocycles. The van der Waals surface area contributed by atoms with E-state index < -0.39 is 0 Å². The summed E-state index contributed by atoms with van der Waals surface area (Å²) in [6.45, 7) is 3.64. The van der Waals surface area contributed by atoms with Crippen molar-refractivity contribution in [1.82, 2.24) is 0 Å². The number of amides is 1. The van der Waals surface area contributed by atoms with Crippen molar-refractivity contribution in [3.63, 3.8) is 0 Å². The highest BCUT2D eigenvalue weighted by Gasteiger charge is 2.11. The monoisotopic (exact) mass is 333 g/mol. The van der Waals surface area contributed by atoms with Crippen molar-refractivity contribution in [2.75, 3.05) is 32.1 Å². The summed E-state index contributed by atoms with van der Waals surface area (Å²) in [6, 6.07) is 15.1. The maximum absolute atomic E-state index is 12.1. The third-order valence-corrected chi connectivity index (χ3v) is 3.71. The van der Waals surface area contributed by atoms with E-state index in [0.29, 0.717) is 18.2 Å². The van der Waals surface area contributed by atoms with Gasteiger partial charge in [0, 0.05) is 10.7 Å². The van der Waals surface area contributed by atoms with Gasteiger partial charge < -0.3 is 15.0 Å². The number of quaternary nitrogens is 1. The second-order valence-electron chi connectivity index (χ2n) is 5.55. The van der Waals surface area contributed by atoms with E-state index in [-0.39, 0.29) is 5.91 Å². The van der Waals surface area contributed by atoms with Crippen LogP contribution in [0.15, 0.2) is 48.5 Å². The van der Waals surface area contributed by atoms with Gasteiger partial charge in [0.05, 0.1) is 7.05 Å². The van der Waals surface area contributed by atoms with E-state index in [1.54, 1.807) is 6.07 Å². The fraction of sp³-hybridized carbons (Fsp3) is 0.278. The standard InChI is InChI=1S/C18H21ClN2O2/c1-14-8-9-15(19)12-17(14)20-18(22)13-21(2)10-11-23-16-6-4-3-5-7-16/h3-9,12H,10-11,13H2,1-2H3,(H,20,22)/p+1. The summed E-state index contributed by atoms with van der Waals surface area (Å²) in [5.74, 6) is 0.812. The van der Waals surface area contributed by atoms with Crippen molar-refractivity contribution in [3.8, 4) is 5.75 Å².